The van der Waals surface area contributed by atoms with E-state index >= 15 is 0 Å². The first-order valence-electron chi connectivity index (χ1n) is 8.89. The van der Waals surface area contributed by atoms with E-state index in [9.17, 15) is 9.90 Å². The molecule has 0 heterocycles. The maximum atomic E-state index is 9.71. The van der Waals surface area contributed by atoms with Gasteiger partial charge in [-0.1, -0.05) is 63.6 Å². The van der Waals surface area contributed by atoms with E-state index in [1.165, 1.54) is 44.9 Å². The summed E-state index contributed by atoms with van der Waals surface area (Å²) in [5.41, 5.74) is 1.09. The smallest absolute Gasteiger partial charge is 0.331 e. The summed E-state index contributed by atoms with van der Waals surface area (Å²) >= 11 is 0. The molecule has 0 amide bonds. The van der Waals surface area contributed by atoms with E-state index in [1.54, 1.807) is 13.0 Å². The van der Waals surface area contributed by atoms with Crippen molar-refractivity contribution in [3.05, 3.63) is 42.2 Å². The summed E-state index contributed by atoms with van der Waals surface area (Å²) in [5, 5.41) is 17.6. The normalized spacial score (nSPS) is 10.2. The fraction of sp³-hybridized carbons (Fsp3) is 0.550. The number of benzene rings is 1. The topological polar surface area (TPSA) is 66.8 Å². The summed E-state index contributed by atoms with van der Waals surface area (Å²) in [6.45, 7) is 4.54. The summed E-state index contributed by atoms with van der Waals surface area (Å²) in [4.78, 5) is 9.71. The molecule has 0 aliphatic heterocycles. The first-order chi connectivity index (χ1) is 11.6. The van der Waals surface area contributed by atoms with Gasteiger partial charge in [0.1, 0.15) is 5.75 Å². The lowest BCUT2D eigenvalue weighted by Gasteiger charge is -2.04. The van der Waals surface area contributed by atoms with E-state index in [4.69, 9.17) is 5.11 Å². The van der Waals surface area contributed by atoms with E-state index in [0.717, 1.165) is 24.3 Å². The number of aliphatic carboxylic acids is 1. The molecule has 0 saturated carbocycles. The Bertz CT molecular complexity index is 455. The van der Waals surface area contributed by atoms with Crippen LogP contribution in [0.4, 0.5) is 0 Å². The minimum atomic E-state index is -0.988. The number of phenols is 1. The van der Waals surface area contributed by atoms with Gasteiger partial charge in [-0.25, -0.2) is 4.79 Å². The second-order valence-corrected chi connectivity index (χ2v) is 5.60. The van der Waals surface area contributed by atoms with Crippen LogP contribution in [0, 0.1) is 0 Å². The van der Waals surface area contributed by atoms with Crippen molar-refractivity contribution < 1.29 is 19.7 Å². The highest BCUT2D eigenvalue weighted by atomic mass is 16.5. The number of hydrogen-bond donors (Lipinski definition) is 2. The number of hydrogen-bond acceptors (Lipinski definition) is 3. The lowest BCUT2D eigenvalue weighted by molar-refractivity contribution is -0.131. The molecule has 0 aliphatic carbocycles. The van der Waals surface area contributed by atoms with E-state index in [2.05, 4.69) is 11.7 Å². The van der Waals surface area contributed by atoms with Gasteiger partial charge in [0.2, 0.25) is 0 Å². The van der Waals surface area contributed by atoms with Gasteiger partial charge in [0.15, 0.2) is 0 Å². The number of para-hydroxylation sites is 1. The number of carboxylic acid groups (broad SMARTS) is 1. The average Bonchev–Trinajstić information content (AvgIpc) is 2.56. The van der Waals surface area contributed by atoms with Crippen molar-refractivity contribution in [3.8, 4) is 5.75 Å². The Balaban J connectivity index is 0.000000561. The lowest BCUT2D eigenvalue weighted by atomic mass is 10.0. The van der Waals surface area contributed by atoms with E-state index in [0.29, 0.717) is 12.4 Å². The predicted molar refractivity (Wildman–Crippen MR) is 98.2 cm³/mol. The number of ether oxygens (including phenoxy) is 1. The van der Waals surface area contributed by atoms with Crippen molar-refractivity contribution in [1.82, 2.24) is 0 Å². The summed E-state index contributed by atoms with van der Waals surface area (Å²) in [6.07, 6.45) is 12.4. The molecule has 0 aromatic heterocycles. The van der Waals surface area contributed by atoms with Crippen LogP contribution >= 0.6 is 0 Å². The lowest BCUT2D eigenvalue weighted by Crippen LogP contribution is -1.87. The maximum absolute atomic E-state index is 9.71. The molecule has 136 valence electrons. The highest BCUT2D eigenvalue weighted by Gasteiger charge is 1.98. The minimum absolute atomic E-state index is 0.452. The van der Waals surface area contributed by atoms with Gasteiger partial charge in [0, 0.05) is 0 Å². The monoisotopic (exact) mass is 336 g/mol. The number of unbranched alkanes of at least 4 members (excludes halogenated alkanes) is 6. The number of aryl methyl sites for hydroxylation is 1. The van der Waals surface area contributed by atoms with Crippen LogP contribution in [0.25, 0.3) is 0 Å². The molecule has 0 radical (unpaired) electrons. The summed E-state index contributed by atoms with van der Waals surface area (Å²) in [6, 6.07) is 7.67. The number of phenolic OH excluding ortho intramolecular Hbond substituents is 1. The Morgan fingerprint density at radius 1 is 1.04 bits per heavy atom. The Labute approximate surface area is 146 Å². The Morgan fingerprint density at radius 2 is 1.67 bits per heavy atom. The zero-order chi connectivity index (χ0) is 18.0. The third-order valence-corrected chi connectivity index (χ3v) is 3.51. The first kappa shape index (κ1) is 22.0. The fourth-order valence-electron chi connectivity index (χ4n) is 2.20. The van der Waals surface area contributed by atoms with E-state index in [-0.39, 0.29) is 0 Å². The van der Waals surface area contributed by atoms with E-state index in [1.807, 2.05) is 18.2 Å². The molecule has 0 atom stereocenters. The summed E-state index contributed by atoms with van der Waals surface area (Å²) < 4.78 is 4.58. The van der Waals surface area contributed by atoms with Crippen LogP contribution in [0.1, 0.15) is 64.4 Å². The molecular formula is C20H32O4. The molecule has 0 unspecified atom stereocenters. The van der Waals surface area contributed by atoms with Crippen LogP contribution in [0.3, 0.4) is 0 Å². The molecule has 0 saturated heterocycles. The molecule has 1 aromatic carbocycles. The second-order valence-electron chi connectivity index (χ2n) is 5.60. The van der Waals surface area contributed by atoms with Gasteiger partial charge in [-0.3, -0.25) is 0 Å². The van der Waals surface area contributed by atoms with Crippen molar-refractivity contribution in [2.45, 2.75) is 65.2 Å². The Hall–Kier alpha value is -1.97. The van der Waals surface area contributed by atoms with Gasteiger partial charge < -0.3 is 14.9 Å². The summed E-state index contributed by atoms with van der Waals surface area (Å²) in [7, 11) is 0. The van der Waals surface area contributed by atoms with Crippen LogP contribution in [0.15, 0.2) is 36.6 Å². The minimum Gasteiger partial charge on any atom is -0.508 e. The van der Waals surface area contributed by atoms with Crippen molar-refractivity contribution in [1.29, 1.82) is 0 Å². The van der Waals surface area contributed by atoms with Crippen molar-refractivity contribution in [2.75, 3.05) is 6.61 Å². The summed E-state index contributed by atoms with van der Waals surface area (Å²) in [5.74, 6) is -0.535. The van der Waals surface area contributed by atoms with Crippen molar-refractivity contribution in [2.24, 2.45) is 0 Å². The molecule has 0 spiro atoms. The van der Waals surface area contributed by atoms with Crippen LogP contribution in [-0.4, -0.2) is 22.8 Å². The molecule has 0 aliphatic rings. The molecule has 24 heavy (non-hydrogen) atoms. The predicted octanol–water partition coefficient (Wildman–Crippen LogP) is 5.31. The van der Waals surface area contributed by atoms with Gasteiger partial charge in [-0.15, -0.1) is 0 Å². The fourth-order valence-corrected chi connectivity index (χ4v) is 2.20. The number of rotatable bonds is 11. The van der Waals surface area contributed by atoms with Gasteiger partial charge in [0.25, 0.3) is 0 Å². The molecule has 1 aromatic rings. The molecule has 4 nitrogen and oxygen atoms in total. The van der Waals surface area contributed by atoms with Crippen LogP contribution in [0.2, 0.25) is 0 Å². The molecule has 0 fully saturated rings. The highest BCUT2D eigenvalue weighted by molar-refractivity contribution is 5.79. The van der Waals surface area contributed by atoms with Gasteiger partial charge in [-0.05, 0) is 31.4 Å². The van der Waals surface area contributed by atoms with Gasteiger partial charge in [0.05, 0.1) is 18.9 Å². The zero-order valence-electron chi connectivity index (χ0n) is 15.0. The highest BCUT2D eigenvalue weighted by Crippen LogP contribution is 2.18. The second kappa shape index (κ2) is 15.9. The van der Waals surface area contributed by atoms with Crippen molar-refractivity contribution in [3.63, 3.8) is 0 Å². The van der Waals surface area contributed by atoms with Crippen LogP contribution in [-0.2, 0) is 16.0 Å². The Kier molecular flexibility index (Phi) is 14.6. The van der Waals surface area contributed by atoms with Crippen LogP contribution < -0.4 is 0 Å². The first-order valence-corrected chi connectivity index (χ1v) is 8.89. The maximum Gasteiger partial charge on any atom is 0.331 e. The van der Waals surface area contributed by atoms with Gasteiger partial charge >= 0.3 is 5.97 Å². The van der Waals surface area contributed by atoms with E-state index < -0.39 is 5.97 Å². The Morgan fingerprint density at radius 3 is 2.25 bits per heavy atom. The number of carboxylic acids is 1. The number of carbonyl (C=O) groups is 1. The third-order valence-electron chi connectivity index (χ3n) is 3.51. The molecule has 2 N–H and O–H groups in total. The molecule has 4 heteroatoms. The largest absolute Gasteiger partial charge is 0.508 e. The average molecular weight is 336 g/mol. The van der Waals surface area contributed by atoms with Gasteiger partial charge in [-0.2, -0.15) is 0 Å². The quantitative estimate of drug-likeness (QED) is 0.326. The SMILES string of the molecule is CCCCCCCCCc1ccccc1O.CCOC=CC(=O)O. The van der Waals surface area contributed by atoms with Crippen molar-refractivity contribution >= 4 is 5.97 Å². The molecule has 0 bridgehead atoms. The molecule has 1 rings (SSSR count). The number of aromatic hydroxyl groups is 1. The standard InChI is InChI=1S/C15H24O.C5H8O3/c1-2-3-4-5-6-7-8-11-14-12-9-10-13-15(14)16;1-2-8-4-3-5(6)7/h9-10,12-13,16H,2-8,11H2,1H3;3-4H,2H2,1H3,(H,6,7). The van der Waals surface area contributed by atoms with Crippen LogP contribution in [0.5, 0.6) is 5.75 Å². The zero-order valence-corrected chi connectivity index (χ0v) is 15.0. The third kappa shape index (κ3) is 13.7. The molecular weight excluding hydrogens is 304 g/mol.